The van der Waals surface area contributed by atoms with E-state index in [2.05, 4.69) is 44.3 Å². The summed E-state index contributed by atoms with van der Waals surface area (Å²) in [6.07, 6.45) is 5.69. The second-order valence-electron chi connectivity index (χ2n) is 6.49. The van der Waals surface area contributed by atoms with Gasteiger partial charge in [-0.15, -0.1) is 0 Å². The zero-order valence-electron chi connectivity index (χ0n) is 13.7. The lowest BCUT2D eigenvalue weighted by Gasteiger charge is -2.27. The van der Waals surface area contributed by atoms with E-state index < -0.39 is 0 Å². The van der Waals surface area contributed by atoms with Crippen LogP contribution in [0.2, 0.25) is 0 Å². The molecule has 1 amide bonds. The van der Waals surface area contributed by atoms with Crippen LogP contribution in [0.1, 0.15) is 57.1 Å². The van der Waals surface area contributed by atoms with Gasteiger partial charge in [-0.25, -0.2) is 0 Å². The number of hydrogen-bond acceptors (Lipinski definition) is 2. The summed E-state index contributed by atoms with van der Waals surface area (Å²) in [7, 11) is 0. The van der Waals surface area contributed by atoms with Crippen LogP contribution in [-0.4, -0.2) is 18.0 Å². The molecule has 118 valence electrons. The van der Waals surface area contributed by atoms with Crippen LogP contribution in [0.4, 0.5) is 0 Å². The average molecular weight is 290 g/mol. The molecular weight excluding hydrogens is 260 g/mol. The highest BCUT2D eigenvalue weighted by Gasteiger charge is 2.21. The van der Waals surface area contributed by atoms with E-state index in [4.69, 9.17) is 5.73 Å². The number of rotatable bonds is 9. The first-order valence-electron chi connectivity index (χ1n) is 8.00. The van der Waals surface area contributed by atoms with Crippen LogP contribution in [0.15, 0.2) is 24.3 Å². The highest BCUT2D eigenvalue weighted by Crippen LogP contribution is 2.16. The molecule has 0 unspecified atom stereocenters. The van der Waals surface area contributed by atoms with Gasteiger partial charge in [0.2, 0.25) is 5.91 Å². The molecule has 3 nitrogen and oxygen atoms in total. The van der Waals surface area contributed by atoms with Gasteiger partial charge in [-0.05, 0) is 57.7 Å². The number of carbonyl (C=O) groups excluding carboxylic acids is 1. The first-order chi connectivity index (χ1) is 9.94. The Bertz CT molecular complexity index is 441. The third-order valence-electron chi connectivity index (χ3n) is 3.73. The van der Waals surface area contributed by atoms with Crippen LogP contribution in [0.25, 0.3) is 0 Å². The zero-order chi connectivity index (χ0) is 15.7. The molecule has 0 radical (unpaired) electrons. The Hall–Kier alpha value is -1.35. The van der Waals surface area contributed by atoms with E-state index in [0.29, 0.717) is 6.42 Å². The van der Waals surface area contributed by atoms with Crippen molar-refractivity contribution >= 4 is 5.91 Å². The zero-order valence-corrected chi connectivity index (χ0v) is 13.7. The van der Waals surface area contributed by atoms with Crippen LogP contribution in [0, 0.1) is 6.92 Å². The van der Waals surface area contributed by atoms with Crippen LogP contribution >= 0.6 is 0 Å². The Kier molecular flexibility index (Phi) is 7.44. The van der Waals surface area contributed by atoms with Gasteiger partial charge in [0, 0.05) is 12.0 Å². The Morgan fingerprint density at radius 3 is 2.48 bits per heavy atom. The molecule has 0 fully saturated rings. The lowest BCUT2D eigenvalue weighted by atomic mass is 9.92. The van der Waals surface area contributed by atoms with Gasteiger partial charge < -0.3 is 11.1 Å². The Morgan fingerprint density at radius 2 is 1.81 bits per heavy atom. The first-order valence-corrected chi connectivity index (χ1v) is 8.00. The summed E-state index contributed by atoms with van der Waals surface area (Å²) >= 11 is 0. The Morgan fingerprint density at radius 1 is 1.14 bits per heavy atom. The van der Waals surface area contributed by atoms with Crippen molar-refractivity contribution in [2.24, 2.45) is 5.73 Å². The van der Waals surface area contributed by atoms with Gasteiger partial charge in [-0.3, -0.25) is 4.79 Å². The van der Waals surface area contributed by atoms with Gasteiger partial charge in [-0.2, -0.15) is 0 Å². The summed E-state index contributed by atoms with van der Waals surface area (Å²) in [5.74, 6) is 0.154. The SMILES string of the molecule is Cc1ccccc1CC(C)(C)NC(=O)CCCCCCN. The molecule has 0 heterocycles. The number of carbonyl (C=O) groups is 1. The maximum Gasteiger partial charge on any atom is 0.220 e. The van der Waals surface area contributed by atoms with Crippen molar-refractivity contribution in [1.29, 1.82) is 0 Å². The van der Waals surface area contributed by atoms with E-state index in [0.717, 1.165) is 38.6 Å². The van der Waals surface area contributed by atoms with Crippen molar-refractivity contribution in [3.63, 3.8) is 0 Å². The third kappa shape index (κ3) is 7.28. The molecule has 0 aromatic heterocycles. The molecule has 3 heteroatoms. The van der Waals surface area contributed by atoms with Gasteiger partial charge in [0.15, 0.2) is 0 Å². The van der Waals surface area contributed by atoms with E-state index in [1.54, 1.807) is 0 Å². The molecule has 0 saturated carbocycles. The summed E-state index contributed by atoms with van der Waals surface area (Å²) in [4.78, 5) is 12.0. The maximum atomic E-state index is 12.0. The summed E-state index contributed by atoms with van der Waals surface area (Å²) in [5.41, 5.74) is 7.83. The average Bonchev–Trinajstić information content (AvgIpc) is 2.40. The van der Waals surface area contributed by atoms with E-state index in [1.165, 1.54) is 11.1 Å². The van der Waals surface area contributed by atoms with Gasteiger partial charge >= 0.3 is 0 Å². The summed E-state index contributed by atoms with van der Waals surface area (Å²) in [6, 6.07) is 8.35. The number of benzene rings is 1. The van der Waals surface area contributed by atoms with Crippen molar-refractivity contribution in [3.05, 3.63) is 35.4 Å². The lowest BCUT2D eigenvalue weighted by Crippen LogP contribution is -2.45. The normalized spacial score (nSPS) is 11.4. The molecule has 0 saturated heterocycles. The minimum Gasteiger partial charge on any atom is -0.351 e. The van der Waals surface area contributed by atoms with Crippen LogP contribution in [0.5, 0.6) is 0 Å². The van der Waals surface area contributed by atoms with Gasteiger partial charge in [-0.1, -0.05) is 37.1 Å². The van der Waals surface area contributed by atoms with Crippen LogP contribution in [-0.2, 0) is 11.2 Å². The summed E-state index contributed by atoms with van der Waals surface area (Å²) in [6.45, 7) is 7.04. The van der Waals surface area contributed by atoms with E-state index in [1.807, 2.05) is 6.07 Å². The van der Waals surface area contributed by atoms with Crippen LogP contribution in [0.3, 0.4) is 0 Å². The molecule has 0 aliphatic heterocycles. The lowest BCUT2D eigenvalue weighted by molar-refractivity contribution is -0.122. The highest BCUT2D eigenvalue weighted by molar-refractivity contribution is 5.76. The van der Waals surface area contributed by atoms with Crippen molar-refractivity contribution in [2.75, 3.05) is 6.54 Å². The van der Waals surface area contributed by atoms with Crippen molar-refractivity contribution in [3.8, 4) is 0 Å². The topological polar surface area (TPSA) is 55.1 Å². The summed E-state index contributed by atoms with van der Waals surface area (Å²) in [5, 5.41) is 3.16. The number of amides is 1. The van der Waals surface area contributed by atoms with E-state index >= 15 is 0 Å². The Balaban J connectivity index is 2.38. The molecule has 1 aromatic rings. The molecule has 0 aliphatic rings. The second kappa shape index (κ2) is 8.83. The van der Waals surface area contributed by atoms with Crippen molar-refractivity contribution in [1.82, 2.24) is 5.32 Å². The number of hydrogen-bond donors (Lipinski definition) is 2. The molecule has 0 atom stereocenters. The standard InChI is InChI=1S/C18H30N2O/c1-15-10-7-8-11-16(15)14-18(2,3)20-17(21)12-6-4-5-9-13-19/h7-8,10-11H,4-6,9,12-14,19H2,1-3H3,(H,20,21). The minimum atomic E-state index is -0.208. The third-order valence-corrected chi connectivity index (χ3v) is 3.73. The largest absolute Gasteiger partial charge is 0.351 e. The molecule has 1 aromatic carbocycles. The first kappa shape index (κ1) is 17.7. The summed E-state index contributed by atoms with van der Waals surface area (Å²) < 4.78 is 0. The molecule has 0 bridgehead atoms. The number of aryl methyl sites for hydroxylation is 1. The van der Waals surface area contributed by atoms with Gasteiger partial charge in [0.25, 0.3) is 0 Å². The quantitative estimate of drug-likeness (QED) is 0.685. The maximum absolute atomic E-state index is 12.0. The minimum absolute atomic E-state index is 0.154. The number of nitrogens with one attached hydrogen (secondary N) is 1. The molecule has 0 spiro atoms. The van der Waals surface area contributed by atoms with Crippen molar-refractivity contribution < 1.29 is 4.79 Å². The highest BCUT2D eigenvalue weighted by atomic mass is 16.1. The fraction of sp³-hybridized carbons (Fsp3) is 0.611. The number of unbranched alkanes of at least 4 members (excludes halogenated alkanes) is 3. The van der Waals surface area contributed by atoms with E-state index in [9.17, 15) is 4.79 Å². The predicted octanol–water partition coefficient (Wildman–Crippen LogP) is 3.34. The molecule has 1 rings (SSSR count). The second-order valence-corrected chi connectivity index (χ2v) is 6.49. The molecular formula is C18H30N2O. The molecule has 21 heavy (non-hydrogen) atoms. The van der Waals surface area contributed by atoms with E-state index in [-0.39, 0.29) is 11.4 Å². The van der Waals surface area contributed by atoms with Crippen LogP contribution < -0.4 is 11.1 Å². The predicted molar refractivity (Wildman–Crippen MR) is 89.2 cm³/mol. The Labute approximate surface area is 129 Å². The van der Waals surface area contributed by atoms with Gasteiger partial charge in [0.05, 0.1) is 0 Å². The fourth-order valence-electron chi connectivity index (χ4n) is 2.55. The molecule has 0 aliphatic carbocycles. The van der Waals surface area contributed by atoms with Crippen molar-refractivity contribution in [2.45, 2.75) is 64.8 Å². The fourth-order valence-corrected chi connectivity index (χ4v) is 2.55. The number of nitrogens with two attached hydrogens (primary N) is 1. The monoisotopic (exact) mass is 290 g/mol. The smallest absolute Gasteiger partial charge is 0.220 e. The van der Waals surface area contributed by atoms with Gasteiger partial charge in [0.1, 0.15) is 0 Å². The molecule has 3 N–H and O–H groups in total.